The van der Waals surface area contributed by atoms with Crippen LogP contribution >= 0.6 is 0 Å². The zero-order valence-corrected chi connectivity index (χ0v) is 15.6. The molecule has 3 heterocycles. The molecule has 2 aromatic rings. The van der Waals surface area contributed by atoms with Gasteiger partial charge in [-0.3, -0.25) is 14.4 Å². The summed E-state index contributed by atoms with van der Waals surface area (Å²) in [6.07, 6.45) is 3.37. The Kier molecular flexibility index (Phi) is 5.22. The Labute approximate surface area is 158 Å². The SMILES string of the molecule is Cn1cc(CN2C[C@@H](F)C[C@H]2CNC(=O)C2CNCc3ccccc32)cn1. The molecule has 7 heteroatoms. The summed E-state index contributed by atoms with van der Waals surface area (Å²) in [7, 11) is 1.87. The average Bonchev–Trinajstić information content (AvgIpc) is 3.24. The molecule has 1 unspecified atom stereocenters. The van der Waals surface area contributed by atoms with Crippen LogP contribution in [0.2, 0.25) is 0 Å². The van der Waals surface area contributed by atoms with E-state index in [0.29, 0.717) is 32.6 Å². The maximum Gasteiger partial charge on any atom is 0.228 e. The zero-order valence-electron chi connectivity index (χ0n) is 15.6. The molecule has 0 aliphatic carbocycles. The molecule has 0 spiro atoms. The minimum atomic E-state index is -0.847. The molecule has 1 saturated heterocycles. The third-order valence-electron chi connectivity index (χ3n) is 5.54. The van der Waals surface area contributed by atoms with Gasteiger partial charge in [-0.2, -0.15) is 5.10 Å². The number of halogens is 1. The fourth-order valence-electron chi connectivity index (χ4n) is 4.19. The predicted molar refractivity (Wildman–Crippen MR) is 101 cm³/mol. The summed E-state index contributed by atoms with van der Waals surface area (Å²) < 4.78 is 15.8. The lowest BCUT2D eigenvalue weighted by Crippen LogP contribution is -2.44. The molecule has 144 valence electrons. The first-order valence-corrected chi connectivity index (χ1v) is 9.52. The Bertz CT molecular complexity index is 807. The summed E-state index contributed by atoms with van der Waals surface area (Å²) in [4.78, 5) is 14.9. The lowest BCUT2D eigenvalue weighted by molar-refractivity contribution is -0.122. The van der Waals surface area contributed by atoms with Gasteiger partial charge in [0.1, 0.15) is 6.17 Å². The first kappa shape index (κ1) is 18.1. The Balaban J connectivity index is 1.38. The van der Waals surface area contributed by atoms with Crippen LogP contribution in [0.25, 0.3) is 0 Å². The highest BCUT2D eigenvalue weighted by atomic mass is 19.1. The third kappa shape index (κ3) is 4.04. The number of rotatable bonds is 5. The molecule has 1 aromatic carbocycles. The number of fused-ring (bicyclic) bond motifs is 1. The number of nitrogens with one attached hydrogen (secondary N) is 2. The molecule has 6 nitrogen and oxygen atoms in total. The van der Waals surface area contributed by atoms with E-state index in [1.54, 1.807) is 4.68 Å². The highest BCUT2D eigenvalue weighted by Gasteiger charge is 2.33. The van der Waals surface area contributed by atoms with E-state index < -0.39 is 6.17 Å². The number of hydrogen-bond donors (Lipinski definition) is 2. The standard InChI is InChI=1S/C20H26FN5O/c1-25-11-14(7-24-25)12-26-13-16(21)6-17(26)9-23-20(27)19-10-22-8-15-4-2-3-5-18(15)19/h2-5,7,11,16-17,19,22H,6,8-10,12-13H2,1H3,(H,23,27)/t16-,17-,19?/m0/s1. The van der Waals surface area contributed by atoms with Gasteiger partial charge in [-0.15, -0.1) is 0 Å². The van der Waals surface area contributed by atoms with Gasteiger partial charge < -0.3 is 10.6 Å². The Morgan fingerprint density at radius 3 is 3.07 bits per heavy atom. The molecule has 2 N–H and O–H groups in total. The number of nitrogens with zero attached hydrogens (tertiary/aromatic N) is 3. The van der Waals surface area contributed by atoms with E-state index in [9.17, 15) is 9.18 Å². The van der Waals surface area contributed by atoms with Gasteiger partial charge in [-0.25, -0.2) is 4.39 Å². The van der Waals surface area contributed by atoms with Gasteiger partial charge in [-0.1, -0.05) is 24.3 Å². The van der Waals surface area contributed by atoms with E-state index in [1.807, 2.05) is 37.6 Å². The van der Waals surface area contributed by atoms with Crippen molar-refractivity contribution in [1.82, 2.24) is 25.3 Å². The van der Waals surface area contributed by atoms with Gasteiger partial charge in [0.2, 0.25) is 5.91 Å². The van der Waals surface area contributed by atoms with Crippen molar-refractivity contribution in [1.29, 1.82) is 0 Å². The molecule has 1 fully saturated rings. The number of hydrogen-bond acceptors (Lipinski definition) is 4. The van der Waals surface area contributed by atoms with Crippen LogP contribution in [0.4, 0.5) is 4.39 Å². The second-order valence-corrected chi connectivity index (χ2v) is 7.57. The summed E-state index contributed by atoms with van der Waals surface area (Å²) in [5, 5.41) is 10.6. The van der Waals surface area contributed by atoms with E-state index in [-0.39, 0.29) is 17.9 Å². The van der Waals surface area contributed by atoms with Crippen molar-refractivity contribution in [2.75, 3.05) is 19.6 Å². The molecular weight excluding hydrogens is 345 g/mol. The van der Waals surface area contributed by atoms with Gasteiger partial charge >= 0.3 is 0 Å². The van der Waals surface area contributed by atoms with Crippen molar-refractivity contribution in [3.63, 3.8) is 0 Å². The highest BCUT2D eigenvalue weighted by Crippen LogP contribution is 2.25. The number of carbonyl (C=O) groups excluding carboxylic acids is 1. The van der Waals surface area contributed by atoms with Crippen LogP contribution in [0.15, 0.2) is 36.7 Å². The molecular formula is C20H26FN5O. The smallest absolute Gasteiger partial charge is 0.228 e. The largest absolute Gasteiger partial charge is 0.354 e. The van der Waals surface area contributed by atoms with Gasteiger partial charge in [0.15, 0.2) is 0 Å². The van der Waals surface area contributed by atoms with Crippen LogP contribution in [-0.4, -0.2) is 52.4 Å². The molecule has 1 aromatic heterocycles. The molecule has 0 radical (unpaired) electrons. The Hall–Kier alpha value is -2.25. The summed E-state index contributed by atoms with van der Waals surface area (Å²) in [5.41, 5.74) is 3.33. The summed E-state index contributed by atoms with van der Waals surface area (Å²) in [6.45, 7) is 2.97. The monoisotopic (exact) mass is 371 g/mol. The first-order chi connectivity index (χ1) is 13.1. The van der Waals surface area contributed by atoms with E-state index in [1.165, 1.54) is 5.56 Å². The van der Waals surface area contributed by atoms with Crippen LogP contribution < -0.4 is 10.6 Å². The van der Waals surface area contributed by atoms with E-state index in [2.05, 4.69) is 26.7 Å². The number of benzene rings is 1. The molecule has 27 heavy (non-hydrogen) atoms. The number of amides is 1. The van der Waals surface area contributed by atoms with Crippen LogP contribution in [0, 0.1) is 0 Å². The minimum absolute atomic E-state index is 0.0101. The molecule has 4 rings (SSSR count). The molecule has 2 aliphatic heterocycles. The normalized spacial score (nSPS) is 25.3. The molecule has 3 atom stereocenters. The molecule has 0 saturated carbocycles. The molecule has 2 aliphatic rings. The Morgan fingerprint density at radius 1 is 1.41 bits per heavy atom. The van der Waals surface area contributed by atoms with Gasteiger partial charge in [0, 0.05) is 57.6 Å². The quantitative estimate of drug-likeness (QED) is 0.833. The maximum absolute atomic E-state index is 14.0. The van der Waals surface area contributed by atoms with Crippen molar-refractivity contribution in [3.05, 3.63) is 53.3 Å². The zero-order chi connectivity index (χ0) is 18.8. The van der Waals surface area contributed by atoms with E-state index in [0.717, 1.165) is 17.7 Å². The second-order valence-electron chi connectivity index (χ2n) is 7.57. The molecule has 0 bridgehead atoms. The van der Waals surface area contributed by atoms with Crippen molar-refractivity contribution >= 4 is 5.91 Å². The van der Waals surface area contributed by atoms with Crippen molar-refractivity contribution in [3.8, 4) is 0 Å². The number of aromatic nitrogens is 2. The fraction of sp³-hybridized carbons (Fsp3) is 0.500. The first-order valence-electron chi connectivity index (χ1n) is 9.52. The van der Waals surface area contributed by atoms with Crippen molar-refractivity contribution in [2.24, 2.45) is 7.05 Å². The van der Waals surface area contributed by atoms with Crippen molar-refractivity contribution in [2.45, 2.75) is 37.6 Å². The lowest BCUT2D eigenvalue weighted by Gasteiger charge is -2.28. The molecule has 1 amide bonds. The van der Waals surface area contributed by atoms with Crippen LogP contribution in [-0.2, 0) is 24.9 Å². The Morgan fingerprint density at radius 2 is 2.26 bits per heavy atom. The van der Waals surface area contributed by atoms with Gasteiger partial charge in [-0.05, 0) is 17.5 Å². The van der Waals surface area contributed by atoms with E-state index in [4.69, 9.17) is 0 Å². The van der Waals surface area contributed by atoms with Crippen molar-refractivity contribution < 1.29 is 9.18 Å². The number of alkyl halides is 1. The van der Waals surface area contributed by atoms with Gasteiger partial charge in [0.25, 0.3) is 0 Å². The topological polar surface area (TPSA) is 62.2 Å². The lowest BCUT2D eigenvalue weighted by atomic mass is 9.90. The van der Waals surface area contributed by atoms with Crippen LogP contribution in [0.3, 0.4) is 0 Å². The predicted octanol–water partition coefficient (Wildman–Crippen LogP) is 1.34. The number of aryl methyl sites for hydroxylation is 1. The van der Waals surface area contributed by atoms with Crippen LogP contribution in [0.1, 0.15) is 29.0 Å². The third-order valence-corrected chi connectivity index (χ3v) is 5.54. The minimum Gasteiger partial charge on any atom is -0.354 e. The summed E-state index contributed by atoms with van der Waals surface area (Å²) in [6, 6.07) is 8.07. The number of likely N-dealkylation sites (tertiary alicyclic amines) is 1. The van der Waals surface area contributed by atoms with Crippen LogP contribution in [0.5, 0.6) is 0 Å². The van der Waals surface area contributed by atoms with E-state index >= 15 is 0 Å². The number of carbonyl (C=O) groups is 1. The second kappa shape index (κ2) is 7.78. The maximum atomic E-state index is 14.0. The average molecular weight is 371 g/mol. The summed E-state index contributed by atoms with van der Waals surface area (Å²) >= 11 is 0. The van der Waals surface area contributed by atoms with Gasteiger partial charge in [0.05, 0.1) is 12.1 Å². The summed E-state index contributed by atoms with van der Waals surface area (Å²) in [5.74, 6) is -0.178. The highest BCUT2D eigenvalue weighted by molar-refractivity contribution is 5.84. The fourth-order valence-corrected chi connectivity index (χ4v) is 4.19.